The van der Waals surface area contributed by atoms with Crippen molar-refractivity contribution in [2.24, 2.45) is 34.7 Å². The van der Waals surface area contributed by atoms with Crippen LogP contribution in [0, 0.1) is 29.6 Å². The standard InChI is InChI=1S/C27H26N2O7/c1-4-35-27(32)13-5-7-14(8-6-13)29-25(30)20-17-12-18(21(20)26(29)31)24-22(17)23(28-36-24)16-10-9-15(33-2)11-19(16)34-3/h5-11,17-18,20-22,24H,4,12H2,1-3H3/t17-,18-,20-,21-,22-,24-/m1/s1. The van der Waals surface area contributed by atoms with Gasteiger partial charge in [0.25, 0.3) is 0 Å². The Hall–Kier alpha value is -3.88. The molecule has 2 aromatic rings. The SMILES string of the molecule is CCOC(=O)c1ccc(N2C(=O)[C@@H]3[C@H]4C[C@@H]([C@H]5ON=C(c6ccc(OC)cc6OC)[C@@H]45)[C@H]3C2=O)cc1. The molecule has 2 saturated carbocycles. The number of fused-ring (bicyclic) bond motifs is 8. The van der Waals surface area contributed by atoms with Crippen LogP contribution in [0.1, 0.15) is 29.3 Å². The number of oxime groups is 1. The Balaban J connectivity index is 1.29. The summed E-state index contributed by atoms with van der Waals surface area (Å²) in [7, 11) is 3.18. The van der Waals surface area contributed by atoms with Crippen molar-refractivity contribution >= 4 is 29.2 Å². The molecule has 36 heavy (non-hydrogen) atoms. The van der Waals surface area contributed by atoms with Gasteiger partial charge in [0.2, 0.25) is 11.8 Å². The Morgan fingerprint density at radius 3 is 2.39 bits per heavy atom. The molecule has 0 spiro atoms. The number of carbonyl (C=O) groups is 3. The summed E-state index contributed by atoms with van der Waals surface area (Å²) in [6.07, 6.45) is 0.496. The maximum Gasteiger partial charge on any atom is 0.338 e. The lowest BCUT2D eigenvalue weighted by atomic mass is 9.71. The van der Waals surface area contributed by atoms with Crippen LogP contribution >= 0.6 is 0 Å². The molecule has 2 aliphatic carbocycles. The number of methoxy groups -OCH3 is 2. The lowest BCUT2D eigenvalue weighted by Crippen LogP contribution is -2.41. The van der Waals surface area contributed by atoms with Crippen LogP contribution in [0.4, 0.5) is 5.69 Å². The van der Waals surface area contributed by atoms with Crippen molar-refractivity contribution in [1.29, 1.82) is 0 Å². The first kappa shape index (κ1) is 22.6. The van der Waals surface area contributed by atoms with Crippen molar-refractivity contribution in [2.75, 3.05) is 25.7 Å². The number of hydrogen-bond acceptors (Lipinski definition) is 8. The molecule has 0 aromatic heterocycles. The Kier molecular flexibility index (Phi) is 5.24. The molecular formula is C27H26N2O7. The van der Waals surface area contributed by atoms with Crippen LogP contribution < -0.4 is 14.4 Å². The third kappa shape index (κ3) is 3.08. The highest BCUT2D eigenvalue weighted by Crippen LogP contribution is 2.62. The molecule has 9 heteroatoms. The highest BCUT2D eigenvalue weighted by molar-refractivity contribution is 6.23. The van der Waals surface area contributed by atoms with Gasteiger partial charge in [-0.15, -0.1) is 0 Å². The predicted molar refractivity (Wildman–Crippen MR) is 128 cm³/mol. The molecule has 2 aromatic carbocycles. The molecule has 2 bridgehead atoms. The number of hydrogen-bond donors (Lipinski definition) is 0. The molecule has 2 aliphatic heterocycles. The highest BCUT2D eigenvalue weighted by Gasteiger charge is 2.70. The van der Waals surface area contributed by atoms with Gasteiger partial charge < -0.3 is 19.0 Å². The van der Waals surface area contributed by atoms with Crippen LogP contribution in [-0.4, -0.2) is 50.4 Å². The lowest BCUT2D eigenvalue weighted by molar-refractivity contribution is -0.125. The van der Waals surface area contributed by atoms with Crippen LogP contribution in [0.15, 0.2) is 47.6 Å². The van der Waals surface area contributed by atoms with E-state index in [1.165, 1.54) is 4.90 Å². The summed E-state index contributed by atoms with van der Waals surface area (Å²) in [5.74, 6) is -0.661. The minimum atomic E-state index is -0.441. The van der Waals surface area contributed by atoms with Gasteiger partial charge >= 0.3 is 5.97 Å². The van der Waals surface area contributed by atoms with Crippen LogP contribution in [0.5, 0.6) is 11.5 Å². The summed E-state index contributed by atoms with van der Waals surface area (Å²) in [6, 6.07) is 11.9. The zero-order valence-corrected chi connectivity index (χ0v) is 20.2. The lowest BCUT2D eigenvalue weighted by Gasteiger charge is -2.30. The summed E-state index contributed by atoms with van der Waals surface area (Å²) < 4.78 is 15.9. The van der Waals surface area contributed by atoms with Gasteiger partial charge in [-0.1, -0.05) is 5.16 Å². The second kappa shape index (κ2) is 8.36. The Labute approximate surface area is 207 Å². The topological polar surface area (TPSA) is 104 Å². The van der Waals surface area contributed by atoms with Gasteiger partial charge in [0, 0.05) is 23.5 Å². The summed E-state index contributed by atoms with van der Waals surface area (Å²) in [5.41, 5.74) is 2.39. The van der Waals surface area contributed by atoms with Gasteiger partial charge in [0.05, 0.1) is 49.6 Å². The second-order valence-corrected chi connectivity index (χ2v) is 9.53. The second-order valence-electron chi connectivity index (χ2n) is 9.53. The number of nitrogens with zero attached hydrogens (tertiary/aromatic N) is 2. The van der Waals surface area contributed by atoms with Gasteiger partial charge in [0.1, 0.15) is 17.6 Å². The van der Waals surface area contributed by atoms with Crippen molar-refractivity contribution in [1.82, 2.24) is 0 Å². The Bertz CT molecular complexity index is 1290. The van der Waals surface area contributed by atoms with Crippen LogP contribution in [0.2, 0.25) is 0 Å². The number of imide groups is 1. The summed E-state index contributed by atoms with van der Waals surface area (Å²) in [5, 5.41) is 4.41. The van der Waals surface area contributed by atoms with Gasteiger partial charge in [-0.3, -0.25) is 14.5 Å². The Morgan fingerprint density at radius 2 is 1.72 bits per heavy atom. The number of ether oxygens (including phenoxy) is 3. The molecule has 2 heterocycles. The fraction of sp³-hybridized carbons (Fsp3) is 0.407. The van der Waals surface area contributed by atoms with E-state index in [0.717, 1.165) is 17.7 Å². The van der Waals surface area contributed by atoms with Gasteiger partial charge in [-0.25, -0.2) is 4.79 Å². The molecule has 9 nitrogen and oxygen atoms in total. The molecule has 6 atom stereocenters. The molecule has 1 saturated heterocycles. The smallest absolute Gasteiger partial charge is 0.338 e. The van der Waals surface area contributed by atoms with E-state index in [4.69, 9.17) is 19.0 Å². The van der Waals surface area contributed by atoms with E-state index >= 15 is 0 Å². The minimum Gasteiger partial charge on any atom is -0.497 e. The largest absolute Gasteiger partial charge is 0.497 e. The van der Waals surface area contributed by atoms with E-state index in [2.05, 4.69) is 5.16 Å². The number of esters is 1. The van der Waals surface area contributed by atoms with E-state index in [1.807, 2.05) is 12.1 Å². The van der Waals surface area contributed by atoms with Crippen LogP contribution in [-0.2, 0) is 19.2 Å². The maximum absolute atomic E-state index is 13.6. The summed E-state index contributed by atoms with van der Waals surface area (Å²) in [6.45, 7) is 2.01. The normalized spacial score (nSPS) is 29.5. The first-order chi connectivity index (χ1) is 17.5. The molecule has 186 valence electrons. The van der Waals surface area contributed by atoms with Crippen molar-refractivity contribution in [3.8, 4) is 11.5 Å². The summed E-state index contributed by atoms with van der Waals surface area (Å²) in [4.78, 5) is 46.3. The minimum absolute atomic E-state index is 0.0571. The van der Waals surface area contributed by atoms with Gasteiger partial charge in [0.15, 0.2) is 0 Å². The van der Waals surface area contributed by atoms with Crippen molar-refractivity contribution < 1.29 is 33.4 Å². The number of amides is 2. The molecule has 6 rings (SSSR count). The number of rotatable bonds is 6. The molecule has 2 amide bonds. The average Bonchev–Trinajstić information content (AvgIpc) is 3.64. The highest BCUT2D eigenvalue weighted by atomic mass is 16.6. The number of benzene rings is 2. The Morgan fingerprint density at radius 1 is 1.00 bits per heavy atom. The first-order valence-electron chi connectivity index (χ1n) is 12.1. The fourth-order valence-corrected chi connectivity index (χ4v) is 6.57. The maximum atomic E-state index is 13.6. The van der Waals surface area contributed by atoms with E-state index < -0.39 is 17.8 Å². The zero-order chi connectivity index (χ0) is 25.1. The number of anilines is 1. The van der Waals surface area contributed by atoms with Crippen LogP contribution in [0.25, 0.3) is 0 Å². The molecule has 0 radical (unpaired) electrons. The average molecular weight is 491 g/mol. The van der Waals surface area contributed by atoms with E-state index in [9.17, 15) is 14.4 Å². The summed E-state index contributed by atoms with van der Waals surface area (Å²) >= 11 is 0. The molecule has 0 unspecified atom stereocenters. The monoisotopic (exact) mass is 490 g/mol. The zero-order valence-electron chi connectivity index (χ0n) is 20.2. The third-order valence-corrected chi connectivity index (χ3v) is 8.01. The predicted octanol–water partition coefficient (Wildman–Crippen LogP) is 3.06. The quantitative estimate of drug-likeness (QED) is 0.453. The molecule has 0 N–H and O–H groups in total. The molecular weight excluding hydrogens is 464 g/mol. The number of carbonyl (C=O) groups excluding carboxylic acids is 3. The van der Waals surface area contributed by atoms with Crippen LogP contribution in [0.3, 0.4) is 0 Å². The van der Waals surface area contributed by atoms with E-state index in [0.29, 0.717) is 22.7 Å². The van der Waals surface area contributed by atoms with Crippen molar-refractivity contribution in [3.05, 3.63) is 53.6 Å². The van der Waals surface area contributed by atoms with Crippen molar-refractivity contribution in [3.63, 3.8) is 0 Å². The first-order valence-corrected chi connectivity index (χ1v) is 12.1. The molecule has 3 fully saturated rings. The van der Waals surface area contributed by atoms with Gasteiger partial charge in [-0.2, -0.15) is 0 Å². The van der Waals surface area contributed by atoms with Gasteiger partial charge in [-0.05, 0) is 55.7 Å². The fourth-order valence-electron chi connectivity index (χ4n) is 6.57. The molecule has 4 aliphatic rings. The van der Waals surface area contributed by atoms with Crippen molar-refractivity contribution in [2.45, 2.75) is 19.4 Å². The third-order valence-electron chi connectivity index (χ3n) is 8.01. The van der Waals surface area contributed by atoms with E-state index in [-0.39, 0.29) is 42.3 Å². The van der Waals surface area contributed by atoms with E-state index in [1.54, 1.807) is 51.5 Å².